The summed E-state index contributed by atoms with van der Waals surface area (Å²) in [6.45, 7) is 0.146. The molecule has 0 unspecified atom stereocenters. The smallest absolute Gasteiger partial charge is 0.257 e. The molecule has 0 bridgehead atoms. The molecule has 8 nitrogen and oxygen atoms in total. The summed E-state index contributed by atoms with van der Waals surface area (Å²) in [6, 6.07) is 14.3. The topological polar surface area (TPSA) is 102 Å². The third-order valence-electron chi connectivity index (χ3n) is 4.67. The van der Waals surface area contributed by atoms with Crippen molar-refractivity contribution in [3.63, 3.8) is 0 Å². The van der Waals surface area contributed by atoms with Crippen LogP contribution in [-0.4, -0.2) is 28.6 Å². The van der Waals surface area contributed by atoms with E-state index < -0.39 is 0 Å². The molecular weight excluding hydrogens is 416 g/mol. The number of nitrogens with one attached hydrogen (secondary N) is 2. The van der Waals surface area contributed by atoms with Crippen molar-refractivity contribution in [3.8, 4) is 11.5 Å². The lowest BCUT2D eigenvalue weighted by Crippen LogP contribution is -2.15. The van der Waals surface area contributed by atoms with E-state index in [1.807, 2.05) is 30.3 Å². The summed E-state index contributed by atoms with van der Waals surface area (Å²) in [5, 5.41) is 8.69. The van der Waals surface area contributed by atoms with E-state index in [1.165, 1.54) is 11.3 Å². The van der Waals surface area contributed by atoms with E-state index in [1.54, 1.807) is 29.8 Å². The number of rotatable bonds is 5. The lowest BCUT2D eigenvalue weighted by atomic mass is 10.2. The van der Waals surface area contributed by atoms with Crippen LogP contribution in [0.5, 0.6) is 11.5 Å². The number of anilines is 2. The average Bonchev–Trinajstić information content (AvgIpc) is 3.42. The average molecular weight is 432 g/mol. The maximum absolute atomic E-state index is 12.5. The van der Waals surface area contributed by atoms with Gasteiger partial charge in [-0.15, -0.1) is 11.3 Å². The minimum absolute atomic E-state index is 0.0903. The number of ether oxygens (including phenoxy) is 2. The Kier molecular flexibility index (Phi) is 4.93. The van der Waals surface area contributed by atoms with Crippen LogP contribution in [0, 0.1) is 0 Å². The van der Waals surface area contributed by atoms with Crippen LogP contribution >= 0.6 is 11.3 Å². The number of nitrogens with zero attached hydrogens (tertiary/aromatic N) is 2. The lowest BCUT2D eigenvalue weighted by Gasteiger charge is -2.07. The van der Waals surface area contributed by atoms with E-state index in [-0.39, 0.29) is 25.0 Å². The van der Waals surface area contributed by atoms with E-state index in [4.69, 9.17) is 9.47 Å². The normalized spacial score (nSPS) is 12.0. The third kappa shape index (κ3) is 4.03. The fourth-order valence-electron chi connectivity index (χ4n) is 3.22. The Morgan fingerprint density at radius 2 is 1.94 bits per heavy atom. The van der Waals surface area contributed by atoms with Crippen LogP contribution in [0.4, 0.5) is 10.8 Å². The number of thiazole rings is 1. The van der Waals surface area contributed by atoms with Crippen molar-refractivity contribution in [1.82, 2.24) is 9.97 Å². The summed E-state index contributed by atoms with van der Waals surface area (Å²) in [4.78, 5) is 33.6. The second-order valence-electron chi connectivity index (χ2n) is 6.77. The van der Waals surface area contributed by atoms with Gasteiger partial charge in [-0.2, -0.15) is 0 Å². The summed E-state index contributed by atoms with van der Waals surface area (Å²) < 4.78 is 10.6. The first-order chi connectivity index (χ1) is 15.2. The van der Waals surface area contributed by atoms with Gasteiger partial charge in [0, 0.05) is 22.5 Å². The second kappa shape index (κ2) is 8.04. The molecule has 0 fully saturated rings. The quantitative estimate of drug-likeness (QED) is 0.497. The van der Waals surface area contributed by atoms with E-state index in [0.717, 1.165) is 10.9 Å². The number of hydrogen-bond acceptors (Lipinski definition) is 7. The monoisotopic (exact) mass is 432 g/mol. The van der Waals surface area contributed by atoms with Gasteiger partial charge in [-0.05, 0) is 42.5 Å². The van der Waals surface area contributed by atoms with Gasteiger partial charge in [0.25, 0.3) is 5.91 Å². The number of amides is 2. The summed E-state index contributed by atoms with van der Waals surface area (Å²) in [5.41, 5.74) is 2.51. The Bertz CT molecular complexity index is 1300. The van der Waals surface area contributed by atoms with Gasteiger partial charge >= 0.3 is 0 Å². The van der Waals surface area contributed by atoms with Crippen molar-refractivity contribution < 1.29 is 19.1 Å². The predicted molar refractivity (Wildman–Crippen MR) is 117 cm³/mol. The first-order valence-corrected chi connectivity index (χ1v) is 10.3. The van der Waals surface area contributed by atoms with Gasteiger partial charge in [0.15, 0.2) is 16.6 Å². The van der Waals surface area contributed by atoms with Gasteiger partial charge in [0.05, 0.1) is 23.3 Å². The highest BCUT2D eigenvalue weighted by atomic mass is 32.1. The van der Waals surface area contributed by atoms with Crippen LogP contribution in [0.15, 0.2) is 60.1 Å². The summed E-state index contributed by atoms with van der Waals surface area (Å²) in [6.07, 6.45) is 1.80. The molecule has 5 rings (SSSR count). The Balaban J connectivity index is 1.23. The number of carbonyl (C=O) groups is 2. The molecule has 0 radical (unpaired) electrons. The molecule has 2 amide bonds. The Morgan fingerprint density at radius 1 is 1.03 bits per heavy atom. The molecular formula is C22H16N4O4S. The van der Waals surface area contributed by atoms with Gasteiger partial charge in [0.1, 0.15) is 0 Å². The van der Waals surface area contributed by atoms with Crippen molar-refractivity contribution in [2.75, 3.05) is 17.4 Å². The highest BCUT2D eigenvalue weighted by Gasteiger charge is 2.17. The Morgan fingerprint density at radius 3 is 2.87 bits per heavy atom. The lowest BCUT2D eigenvalue weighted by molar-refractivity contribution is -0.115. The third-order valence-corrected chi connectivity index (χ3v) is 5.47. The molecule has 154 valence electrons. The Labute approximate surface area is 180 Å². The second-order valence-corrected chi connectivity index (χ2v) is 7.62. The first-order valence-electron chi connectivity index (χ1n) is 9.45. The summed E-state index contributed by atoms with van der Waals surface area (Å²) in [7, 11) is 0. The molecule has 0 spiro atoms. The number of benzene rings is 2. The zero-order chi connectivity index (χ0) is 21.2. The number of fused-ring (bicyclic) bond motifs is 2. The standard InChI is InChI=1S/C22H16N4O4S/c27-20(25-17-5-1-4-16-15(17)3-2-8-23-16)10-14-11-31-22(24-14)26-21(28)13-6-7-18-19(9-13)30-12-29-18/h1-9,11H,10,12H2,(H,25,27)(H,24,26,28). The molecule has 0 atom stereocenters. The number of pyridine rings is 1. The number of hydrogen-bond donors (Lipinski definition) is 2. The molecule has 0 saturated carbocycles. The predicted octanol–water partition coefficient (Wildman–Crippen LogP) is 3.85. The molecule has 31 heavy (non-hydrogen) atoms. The Hall–Kier alpha value is -3.98. The molecule has 3 heterocycles. The largest absolute Gasteiger partial charge is 0.454 e. The summed E-state index contributed by atoms with van der Waals surface area (Å²) >= 11 is 1.26. The van der Waals surface area contributed by atoms with Crippen molar-refractivity contribution in [1.29, 1.82) is 0 Å². The van der Waals surface area contributed by atoms with Crippen molar-refractivity contribution in [2.24, 2.45) is 0 Å². The maximum Gasteiger partial charge on any atom is 0.257 e. The molecule has 2 aromatic carbocycles. The molecule has 9 heteroatoms. The zero-order valence-corrected chi connectivity index (χ0v) is 16.9. The molecule has 1 aliphatic rings. The molecule has 0 saturated heterocycles. The molecule has 0 aliphatic carbocycles. The fraction of sp³-hybridized carbons (Fsp3) is 0.0909. The maximum atomic E-state index is 12.5. The van der Waals surface area contributed by atoms with Gasteiger partial charge in [-0.3, -0.25) is 19.9 Å². The fourth-order valence-corrected chi connectivity index (χ4v) is 3.93. The van der Waals surface area contributed by atoms with Gasteiger partial charge in [-0.25, -0.2) is 4.98 Å². The van der Waals surface area contributed by atoms with E-state index in [0.29, 0.717) is 33.6 Å². The first kappa shape index (κ1) is 19.0. The minimum atomic E-state index is -0.313. The van der Waals surface area contributed by atoms with Crippen molar-refractivity contribution in [2.45, 2.75) is 6.42 Å². The van der Waals surface area contributed by atoms with Gasteiger partial charge in [-0.1, -0.05) is 6.07 Å². The van der Waals surface area contributed by atoms with Crippen LogP contribution in [0.1, 0.15) is 16.1 Å². The van der Waals surface area contributed by atoms with Crippen LogP contribution in [0.3, 0.4) is 0 Å². The SMILES string of the molecule is O=C(Cc1csc(NC(=O)c2ccc3c(c2)OCO3)n1)Nc1cccc2ncccc12. The minimum Gasteiger partial charge on any atom is -0.454 e. The van der Waals surface area contributed by atoms with Crippen LogP contribution in [-0.2, 0) is 11.2 Å². The summed E-state index contributed by atoms with van der Waals surface area (Å²) in [5.74, 6) is 0.635. The highest BCUT2D eigenvalue weighted by Crippen LogP contribution is 2.32. The molecule has 1 aliphatic heterocycles. The van der Waals surface area contributed by atoms with Gasteiger partial charge in [0.2, 0.25) is 12.7 Å². The zero-order valence-electron chi connectivity index (χ0n) is 16.1. The van der Waals surface area contributed by atoms with Crippen LogP contribution in [0.2, 0.25) is 0 Å². The van der Waals surface area contributed by atoms with Crippen LogP contribution < -0.4 is 20.1 Å². The van der Waals surface area contributed by atoms with E-state index in [2.05, 4.69) is 20.6 Å². The van der Waals surface area contributed by atoms with Gasteiger partial charge < -0.3 is 14.8 Å². The molecule has 4 aromatic rings. The highest BCUT2D eigenvalue weighted by molar-refractivity contribution is 7.14. The number of carbonyl (C=O) groups excluding carboxylic acids is 2. The van der Waals surface area contributed by atoms with E-state index in [9.17, 15) is 9.59 Å². The van der Waals surface area contributed by atoms with E-state index >= 15 is 0 Å². The van der Waals surface area contributed by atoms with Crippen LogP contribution in [0.25, 0.3) is 10.9 Å². The van der Waals surface area contributed by atoms with Crippen molar-refractivity contribution in [3.05, 3.63) is 71.4 Å². The molecule has 2 aromatic heterocycles. The molecule has 2 N–H and O–H groups in total. The number of aromatic nitrogens is 2. The van der Waals surface area contributed by atoms with Crippen molar-refractivity contribution >= 4 is 44.9 Å².